The summed E-state index contributed by atoms with van der Waals surface area (Å²) in [6.45, 7) is 9.08. The first kappa shape index (κ1) is 23.5. The lowest BCUT2D eigenvalue weighted by atomic mass is 10.0. The van der Waals surface area contributed by atoms with Gasteiger partial charge >= 0.3 is 0 Å². The Balaban J connectivity index is 1.78. The van der Waals surface area contributed by atoms with Crippen molar-refractivity contribution in [2.45, 2.75) is 57.5 Å². The molecule has 9 heteroatoms. The summed E-state index contributed by atoms with van der Waals surface area (Å²) in [6, 6.07) is 9.85. The Morgan fingerprint density at radius 2 is 1.59 bits per heavy atom. The number of nitrogens with one attached hydrogen (secondary N) is 2. The lowest BCUT2D eigenvalue weighted by Gasteiger charge is -2.24. The predicted octanol–water partition coefficient (Wildman–Crippen LogP) is 3.41. The monoisotopic (exact) mass is 457 g/mol. The zero-order valence-corrected chi connectivity index (χ0v) is 19.5. The van der Waals surface area contributed by atoms with Crippen LogP contribution in [0.2, 0.25) is 0 Å². The predicted molar refractivity (Wildman–Crippen MR) is 121 cm³/mol. The SMILES string of the molecule is CCC(C)(C)NC(=O)c1ccc(NC(=O)c2ccc3c(c2)S(=O)(=O)N(C(C)C)C3=O)cc1. The molecule has 0 saturated heterocycles. The summed E-state index contributed by atoms with van der Waals surface area (Å²) < 4.78 is 26.3. The fraction of sp³-hybridized carbons (Fsp3) is 0.348. The van der Waals surface area contributed by atoms with Crippen LogP contribution < -0.4 is 10.6 Å². The summed E-state index contributed by atoms with van der Waals surface area (Å²) in [5.74, 6) is -1.33. The van der Waals surface area contributed by atoms with E-state index in [2.05, 4.69) is 10.6 Å². The number of nitrogens with zero attached hydrogens (tertiary/aromatic N) is 1. The van der Waals surface area contributed by atoms with Gasteiger partial charge in [-0.1, -0.05) is 6.92 Å². The lowest BCUT2D eigenvalue weighted by molar-refractivity contribution is 0.0844. The summed E-state index contributed by atoms with van der Waals surface area (Å²) in [5.41, 5.74) is 0.743. The topological polar surface area (TPSA) is 113 Å². The molecular formula is C23H27N3O5S. The zero-order valence-electron chi connectivity index (χ0n) is 18.7. The molecule has 0 bridgehead atoms. The fourth-order valence-corrected chi connectivity index (χ4v) is 5.07. The number of anilines is 1. The van der Waals surface area contributed by atoms with Crippen LogP contribution in [0.5, 0.6) is 0 Å². The highest BCUT2D eigenvalue weighted by Gasteiger charge is 2.42. The van der Waals surface area contributed by atoms with Crippen LogP contribution in [0.3, 0.4) is 0 Å². The maximum absolute atomic E-state index is 12.7. The highest BCUT2D eigenvalue weighted by atomic mass is 32.2. The van der Waals surface area contributed by atoms with Gasteiger partial charge in [-0.2, -0.15) is 0 Å². The first-order chi connectivity index (χ1) is 14.9. The van der Waals surface area contributed by atoms with Crippen molar-refractivity contribution >= 4 is 33.4 Å². The second-order valence-corrected chi connectivity index (χ2v) is 10.4. The minimum Gasteiger partial charge on any atom is -0.347 e. The van der Waals surface area contributed by atoms with Crippen molar-refractivity contribution in [3.63, 3.8) is 0 Å². The number of hydrogen-bond donors (Lipinski definition) is 2. The maximum atomic E-state index is 12.7. The zero-order chi connectivity index (χ0) is 23.8. The third kappa shape index (κ3) is 4.38. The summed E-state index contributed by atoms with van der Waals surface area (Å²) in [4.78, 5) is 37.3. The number of hydrogen-bond acceptors (Lipinski definition) is 5. The quantitative estimate of drug-likeness (QED) is 0.690. The van der Waals surface area contributed by atoms with Crippen LogP contribution in [0, 0.1) is 0 Å². The Morgan fingerprint density at radius 3 is 2.16 bits per heavy atom. The van der Waals surface area contributed by atoms with Crippen molar-refractivity contribution in [1.29, 1.82) is 0 Å². The van der Waals surface area contributed by atoms with Gasteiger partial charge in [0.2, 0.25) is 0 Å². The summed E-state index contributed by atoms with van der Waals surface area (Å²) >= 11 is 0. The fourth-order valence-electron chi connectivity index (χ4n) is 3.28. The van der Waals surface area contributed by atoms with E-state index in [1.54, 1.807) is 38.1 Å². The van der Waals surface area contributed by atoms with Gasteiger partial charge in [0.15, 0.2) is 0 Å². The van der Waals surface area contributed by atoms with Crippen molar-refractivity contribution in [2.24, 2.45) is 0 Å². The Morgan fingerprint density at radius 1 is 1.00 bits per heavy atom. The largest absolute Gasteiger partial charge is 0.347 e. The van der Waals surface area contributed by atoms with E-state index in [4.69, 9.17) is 0 Å². The molecule has 170 valence electrons. The summed E-state index contributed by atoms with van der Waals surface area (Å²) in [6.07, 6.45) is 0.782. The smallest absolute Gasteiger partial charge is 0.269 e. The van der Waals surface area contributed by atoms with E-state index in [-0.39, 0.29) is 27.5 Å². The first-order valence-electron chi connectivity index (χ1n) is 10.3. The Bertz CT molecular complexity index is 1180. The van der Waals surface area contributed by atoms with E-state index in [0.29, 0.717) is 11.3 Å². The average molecular weight is 458 g/mol. The molecule has 0 unspecified atom stereocenters. The third-order valence-electron chi connectivity index (χ3n) is 5.42. The molecule has 8 nitrogen and oxygen atoms in total. The van der Waals surface area contributed by atoms with E-state index in [1.165, 1.54) is 18.2 Å². The summed E-state index contributed by atoms with van der Waals surface area (Å²) in [7, 11) is -4.00. The van der Waals surface area contributed by atoms with E-state index >= 15 is 0 Å². The number of rotatable bonds is 6. The maximum Gasteiger partial charge on any atom is 0.269 e. The van der Waals surface area contributed by atoms with Crippen molar-refractivity contribution < 1.29 is 22.8 Å². The van der Waals surface area contributed by atoms with E-state index in [9.17, 15) is 22.8 Å². The van der Waals surface area contributed by atoms with Crippen molar-refractivity contribution in [3.05, 3.63) is 59.2 Å². The highest BCUT2D eigenvalue weighted by molar-refractivity contribution is 7.90. The molecule has 1 heterocycles. The number of fused-ring (bicyclic) bond motifs is 1. The normalized spacial score (nSPS) is 14.9. The molecule has 32 heavy (non-hydrogen) atoms. The van der Waals surface area contributed by atoms with Gasteiger partial charge < -0.3 is 10.6 Å². The molecule has 1 aliphatic heterocycles. The van der Waals surface area contributed by atoms with Crippen LogP contribution in [0.1, 0.15) is 72.1 Å². The van der Waals surface area contributed by atoms with Gasteiger partial charge in [0, 0.05) is 28.4 Å². The summed E-state index contributed by atoms with van der Waals surface area (Å²) in [5, 5.41) is 5.62. The second kappa shape index (κ2) is 8.38. The Labute approximate surface area is 188 Å². The molecule has 3 amide bonds. The number of sulfonamides is 1. The third-order valence-corrected chi connectivity index (χ3v) is 7.42. The molecule has 3 rings (SSSR count). The molecule has 2 N–H and O–H groups in total. The first-order valence-corrected chi connectivity index (χ1v) is 11.8. The van der Waals surface area contributed by atoms with Crippen molar-refractivity contribution in [1.82, 2.24) is 9.62 Å². The minimum absolute atomic E-state index is 0.0561. The average Bonchev–Trinajstić information content (AvgIpc) is 2.93. The molecule has 0 radical (unpaired) electrons. The van der Waals surface area contributed by atoms with Gasteiger partial charge in [-0.3, -0.25) is 14.4 Å². The molecule has 0 aliphatic carbocycles. The van der Waals surface area contributed by atoms with Crippen LogP contribution >= 0.6 is 0 Å². The van der Waals surface area contributed by atoms with Gasteiger partial charge in [-0.25, -0.2) is 12.7 Å². The molecule has 0 fully saturated rings. The van der Waals surface area contributed by atoms with Crippen LogP contribution in [-0.4, -0.2) is 42.0 Å². The number of benzene rings is 2. The number of carbonyl (C=O) groups excluding carboxylic acids is 3. The molecule has 0 saturated carbocycles. The van der Waals surface area contributed by atoms with Gasteiger partial charge in [0.1, 0.15) is 4.90 Å². The highest BCUT2D eigenvalue weighted by Crippen LogP contribution is 2.32. The number of amides is 3. The Kier molecular flexibility index (Phi) is 6.15. The van der Waals surface area contributed by atoms with E-state index in [1.807, 2.05) is 20.8 Å². The molecular weight excluding hydrogens is 430 g/mol. The molecule has 2 aromatic carbocycles. The van der Waals surface area contributed by atoms with E-state index < -0.39 is 27.9 Å². The lowest BCUT2D eigenvalue weighted by Crippen LogP contribution is -2.42. The van der Waals surface area contributed by atoms with Crippen molar-refractivity contribution in [2.75, 3.05) is 5.32 Å². The standard InChI is InChI=1S/C23H27N3O5S/c1-6-23(4,5)25-21(28)15-7-10-17(11-8-15)24-20(27)16-9-12-18-19(13-16)32(30,31)26(14(2)3)22(18)29/h7-14H,6H2,1-5H3,(H,24,27)(H,25,28). The van der Waals surface area contributed by atoms with Gasteiger partial charge in [0.05, 0.1) is 5.56 Å². The van der Waals surface area contributed by atoms with Gasteiger partial charge in [0.25, 0.3) is 27.7 Å². The van der Waals surface area contributed by atoms with Crippen LogP contribution in [0.15, 0.2) is 47.4 Å². The Hall–Kier alpha value is -3.20. The second-order valence-electron chi connectivity index (χ2n) is 8.63. The van der Waals surface area contributed by atoms with Crippen LogP contribution in [0.25, 0.3) is 0 Å². The van der Waals surface area contributed by atoms with Crippen LogP contribution in [0.4, 0.5) is 5.69 Å². The molecule has 0 aromatic heterocycles. The molecule has 0 spiro atoms. The number of carbonyl (C=O) groups is 3. The van der Waals surface area contributed by atoms with Gasteiger partial charge in [-0.15, -0.1) is 0 Å². The van der Waals surface area contributed by atoms with Crippen LogP contribution in [-0.2, 0) is 10.0 Å². The molecule has 2 aromatic rings. The minimum atomic E-state index is -4.00. The van der Waals surface area contributed by atoms with E-state index in [0.717, 1.165) is 10.7 Å². The van der Waals surface area contributed by atoms with Crippen molar-refractivity contribution in [3.8, 4) is 0 Å². The van der Waals surface area contributed by atoms with Gasteiger partial charge in [-0.05, 0) is 76.6 Å². The molecule has 0 atom stereocenters. The molecule has 1 aliphatic rings.